The first-order valence-corrected chi connectivity index (χ1v) is 6.57. The van der Waals surface area contributed by atoms with E-state index >= 15 is 0 Å². The molecule has 4 heteroatoms. The fourth-order valence-electron chi connectivity index (χ4n) is 1.93. The van der Waals surface area contributed by atoms with E-state index in [9.17, 15) is 13.2 Å². The second-order valence-corrected chi connectivity index (χ2v) is 5.77. The molecule has 0 unspecified atom stereocenters. The Morgan fingerprint density at radius 3 is 2.67 bits per heavy atom. The lowest BCUT2D eigenvalue weighted by Gasteiger charge is -2.03. The average molecular weight is 224 g/mol. The van der Waals surface area contributed by atoms with Gasteiger partial charge < -0.3 is 4.79 Å². The van der Waals surface area contributed by atoms with Gasteiger partial charge in [-0.3, -0.25) is 0 Å². The highest BCUT2D eigenvalue weighted by Crippen LogP contribution is 2.24. The summed E-state index contributed by atoms with van der Waals surface area (Å²) in [4.78, 5) is 10.5. The number of benzene rings is 1. The van der Waals surface area contributed by atoms with Crippen LogP contribution in [0.4, 0.5) is 0 Å². The van der Waals surface area contributed by atoms with E-state index in [1.54, 1.807) is 12.1 Å². The Kier molecular flexibility index (Phi) is 2.61. The van der Waals surface area contributed by atoms with Crippen molar-refractivity contribution in [2.75, 3.05) is 5.75 Å². The number of carbonyl (C=O) groups excluding carboxylic acids is 1. The number of carbonyl (C=O) groups is 1. The fourth-order valence-corrected chi connectivity index (χ4v) is 2.90. The molecule has 0 saturated carbocycles. The lowest BCUT2D eigenvalue weighted by Crippen LogP contribution is -2.08. The summed E-state index contributed by atoms with van der Waals surface area (Å²) < 4.78 is 23.2. The third kappa shape index (κ3) is 1.95. The molecule has 0 atom stereocenters. The molecule has 3 nitrogen and oxygen atoms in total. The molecule has 0 saturated heterocycles. The van der Waals surface area contributed by atoms with Gasteiger partial charge in [-0.05, 0) is 42.5 Å². The highest BCUT2D eigenvalue weighted by atomic mass is 32.2. The van der Waals surface area contributed by atoms with Gasteiger partial charge in [0.2, 0.25) is 0 Å². The van der Waals surface area contributed by atoms with Gasteiger partial charge in [-0.1, -0.05) is 6.07 Å². The second-order valence-electron chi connectivity index (χ2n) is 3.73. The Bertz CT molecular complexity index is 489. The maximum absolute atomic E-state index is 11.6. The molecule has 1 aliphatic carbocycles. The molecule has 2 rings (SSSR count). The van der Waals surface area contributed by atoms with Crippen molar-refractivity contribution in [1.29, 1.82) is 0 Å². The molecule has 1 aromatic carbocycles. The lowest BCUT2D eigenvalue weighted by atomic mass is 10.1. The summed E-state index contributed by atoms with van der Waals surface area (Å²) in [5.41, 5.74) is 2.35. The van der Waals surface area contributed by atoms with Gasteiger partial charge in [0.15, 0.2) is 9.84 Å². The molecule has 0 radical (unpaired) electrons. The molecule has 0 bridgehead atoms. The minimum atomic E-state index is -3.40. The molecule has 0 N–H and O–H groups in total. The zero-order valence-electron chi connectivity index (χ0n) is 8.27. The SMILES string of the molecule is O=CCS(=O)(=O)c1ccc2c(c1)CCC2. The first-order chi connectivity index (χ1) is 7.13. The van der Waals surface area contributed by atoms with Crippen LogP contribution in [0, 0.1) is 0 Å². The summed E-state index contributed by atoms with van der Waals surface area (Å²) in [5.74, 6) is -0.425. The molecule has 1 aliphatic rings. The average Bonchev–Trinajstić information content (AvgIpc) is 2.63. The maximum Gasteiger partial charge on any atom is 0.185 e. The monoisotopic (exact) mass is 224 g/mol. The van der Waals surface area contributed by atoms with Gasteiger partial charge in [-0.15, -0.1) is 0 Å². The maximum atomic E-state index is 11.6. The third-order valence-electron chi connectivity index (χ3n) is 2.72. The minimum absolute atomic E-state index is 0.273. The molecule has 15 heavy (non-hydrogen) atoms. The quantitative estimate of drug-likeness (QED) is 0.724. The Hall–Kier alpha value is -1.16. The Morgan fingerprint density at radius 2 is 1.93 bits per heavy atom. The van der Waals surface area contributed by atoms with Crippen molar-refractivity contribution < 1.29 is 13.2 Å². The largest absolute Gasteiger partial charge is 0.302 e. The third-order valence-corrected chi connectivity index (χ3v) is 4.26. The Labute approximate surface area is 89.0 Å². The van der Waals surface area contributed by atoms with Crippen LogP contribution < -0.4 is 0 Å². The van der Waals surface area contributed by atoms with E-state index in [0.717, 1.165) is 24.8 Å². The molecule has 0 fully saturated rings. The molecule has 0 aromatic heterocycles. The highest BCUT2D eigenvalue weighted by molar-refractivity contribution is 7.92. The Morgan fingerprint density at radius 1 is 1.20 bits per heavy atom. The van der Waals surface area contributed by atoms with Gasteiger partial charge in [-0.2, -0.15) is 0 Å². The predicted molar refractivity (Wildman–Crippen MR) is 56.6 cm³/mol. The van der Waals surface area contributed by atoms with Gasteiger partial charge in [0, 0.05) is 0 Å². The first-order valence-electron chi connectivity index (χ1n) is 4.92. The van der Waals surface area contributed by atoms with Gasteiger partial charge in [-0.25, -0.2) is 8.42 Å². The summed E-state index contributed by atoms with van der Waals surface area (Å²) in [6.07, 6.45) is 3.50. The summed E-state index contributed by atoms with van der Waals surface area (Å²) in [6.45, 7) is 0. The van der Waals surface area contributed by atoms with Crippen LogP contribution in [0.3, 0.4) is 0 Å². The molecule has 0 amide bonds. The van der Waals surface area contributed by atoms with E-state index in [4.69, 9.17) is 0 Å². The van der Waals surface area contributed by atoms with Crippen molar-refractivity contribution in [3.05, 3.63) is 29.3 Å². The number of rotatable bonds is 3. The van der Waals surface area contributed by atoms with Crippen LogP contribution in [0.15, 0.2) is 23.1 Å². The number of fused-ring (bicyclic) bond motifs is 1. The van der Waals surface area contributed by atoms with Crippen molar-refractivity contribution in [1.82, 2.24) is 0 Å². The number of sulfone groups is 1. The van der Waals surface area contributed by atoms with Crippen LogP contribution in [0.1, 0.15) is 17.5 Å². The van der Waals surface area contributed by atoms with E-state index in [1.807, 2.05) is 6.07 Å². The zero-order valence-corrected chi connectivity index (χ0v) is 9.09. The number of hydrogen-bond donors (Lipinski definition) is 0. The summed E-state index contributed by atoms with van der Waals surface area (Å²) >= 11 is 0. The van der Waals surface area contributed by atoms with Crippen molar-refractivity contribution in [2.45, 2.75) is 24.2 Å². The summed E-state index contributed by atoms with van der Waals surface area (Å²) in [7, 11) is -3.40. The highest BCUT2D eigenvalue weighted by Gasteiger charge is 2.17. The molecular weight excluding hydrogens is 212 g/mol. The summed E-state index contributed by atoms with van der Waals surface area (Å²) in [6, 6.07) is 5.17. The van der Waals surface area contributed by atoms with Crippen LogP contribution in [-0.2, 0) is 27.5 Å². The smallest absolute Gasteiger partial charge is 0.185 e. The topological polar surface area (TPSA) is 51.2 Å². The van der Waals surface area contributed by atoms with Crippen LogP contribution >= 0.6 is 0 Å². The molecule has 80 valence electrons. The van der Waals surface area contributed by atoms with Crippen molar-refractivity contribution in [2.24, 2.45) is 0 Å². The Balaban J connectivity index is 2.42. The molecule has 1 aromatic rings. The molecule has 0 heterocycles. The van der Waals surface area contributed by atoms with Gasteiger partial charge >= 0.3 is 0 Å². The van der Waals surface area contributed by atoms with E-state index in [2.05, 4.69) is 0 Å². The van der Waals surface area contributed by atoms with E-state index in [1.165, 1.54) is 5.56 Å². The van der Waals surface area contributed by atoms with Crippen LogP contribution in [0.5, 0.6) is 0 Å². The van der Waals surface area contributed by atoms with Crippen LogP contribution in [-0.4, -0.2) is 20.5 Å². The lowest BCUT2D eigenvalue weighted by molar-refractivity contribution is -0.105. The van der Waals surface area contributed by atoms with Gasteiger partial charge in [0.05, 0.1) is 4.90 Å². The standard InChI is InChI=1S/C11H12O3S/c12-6-7-15(13,14)11-5-4-9-2-1-3-10(9)8-11/h4-6,8H,1-3,7H2. The number of aryl methyl sites for hydroxylation is 2. The van der Waals surface area contributed by atoms with Crippen LogP contribution in [0.2, 0.25) is 0 Å². The van der Waals surface area contributed by atoms with E-state index < -0.39 is 15.6 Å². The molecular formula is C11H12O3S. The van der Waals surface area contributed by atoms with Crippen molar-refractivity contribution in [3.8, 4) is 0 Å². The van der Waals surface area contributed by atoms with Gasteiger partial charge in [0.1, 0.15) is 12.0 Å². The molecule has 0 spiro atoms. The normalized spacial score (nSPS) is 14.9. The van der Waals surface area contributed by atoms with Crippen molar-refractivity contribution >= 4 is 16.1 Å². The summed E-state index contributed by atoms with van der Waals surface area (Å²) in [5, 5.41) is 0. The van der Waals surface area contributed by atoms with Crippen LogP contribution in [0.25, 0.3) is 0 Å². The first kappa shape index (κ1) is 10.4. The predicted octanol–water partition coefficient (Wildman–Crippen LogP) is 1.15. The van der Waals surface area contributed by atoms with Crippen molar-refractivity contribution in [3.63, 3.8) is 0 Å². The number of aldehydes is 1. The number of hydrogen-bond acceptors (Lipinski definition) is 3. The second kappa shape index (κ2) is 3.77. The molecule has 0 aliphatic heterocycles. The zero-order chi connectivity index (χ0) is 10.9. The van der Waals surface area contributed by atoms with E-state index in [0.29, 0.717) is 6.29 Å². The fraction of sp³-hybridized carbons (Fsp3) is 0.364. The van der Waals surface area contributed by atoms with E-state index in [-0.39, 0.29) is 4.90 Å². The van der Waals surface area contributed by atoms with Gasteiger partial charge in [0.25, 0.3) is 0 Å². The minimum Gasteiger partial charge on any atom is -0.302 e.